The molecular formula is C21H21Cl2N3O3S. The minimum Gasteiger partial charge on any atom is -0.383 e. The topological polar surface area (TPSA) is 73.2 Å². The van der Waals surface area contributed by atoms with Crippen LogP contribution in [0.1, 0.15) is 19.9 Å². The number of rotatable bonds is 7. The average Bonchev–Trinajstić information content (AvgIpc) is 2.67. The van der Waals surface area contributed by atoms with Crippen molar-refractivity contribution in [3.8, 4) is 0 Å². The van der Waals surface area contributed by atoms with Crippen molar-refractivity contribution >= 4 is 57.5 Å². The van der Waals surface area contributed by atoms with E-state index in [-0.39, 0.29) is 17.5 Å². The summed E-state index contributed by atoms with van der Waals surface area (Å²) in [6, 6.07) is 11.7. The number of benzene rings is 2. The Kier molecular flexibility index (Phi) is 7.41. The molecule has 0 aliphatic carbocycles. The number of carbonyl (C=O) groups is 1. The van der Waals surface area contributed by atoms with Crippen molar-refractivity contribution in [3.63, 3.8) is 0 Å². The van der Waals surface area contributed by atoms with Gasteiger partial charge in [-0.25, -0.2) is 4.98 Å². The van der Waals surface area contributed by atoms with Gasteiger partial charge in [-0.2, -0.15) is 0 Å². The number of halogens is 2. The first kappa shape index (κ1) is 22.6. The second-order valence-electron chi connectivity index (χ2n) is 6.80. The Labute approximate surface area is 188 Å². The van der Waals surface area contributed by atoms with Crippen LogP contribution in [0.2, 0.25) is 10.0 Å². The summed E-state index contributed by atoms with van der Waals surface area (Å²) in [5, 5.41) is 4.10. The maximum atomic E-state index is 13.1. The maximum Gasteiger partial charge on any atom is 0.262 e. The van der Waals surface area contributed by atoms with Gasteiger partial charge in [0.2, 0.25) is 5.91 Å². The normalized spacial score (nSPS) is 13.2. The fourth-order valence-corrected chi connectivity index (χ4v) is 4.53. The third-order valence-electron chi connectivity index (χ3n) is 4.41. The van der Waals surface area contributed by atoms with Crippen LogP contribution in [0.4, 0.5) is 5.69 Å². The van der Waals surface area contributed by atoms with Gasteiger partial charge in [0.25, 0.3) is 5.56 Å². The number of amides is 1. The smallest absolute Gasteiger partial charge is 0.262 e. The molecule has 1 heterocycles. The summed E-state index contributed by atoms with van der Waals surface area (Å²) in [5.41, 5.74) is 0.920. The number of hydrogen-bond acceptors (Lipinski definition) is 5. The lowest BCUT2D eigenvalue weighted by atomic mass is 10.2. The molecule has 6 nitrogen and oxygen atoms in total. The Bertz CT molecular complexity index is 1120. The number of nitrogens with zero attached hydrogens (tertiary/aromatic N) is 2. The largest absolute Gasteiger partial charge is 0.383 e. The van der Waals surface area contributed by atoms with Crippen molar-refractivity contribution in [2.24, 2.45) is 0 Å². The Morgan fingerprint density at radius 3 is 2.53 bits per heavy atom. The molecule has 2 atom stereocenters. The van der Waals surface area contributed by atoms with Crippen LogP contribution in [-0.2, 0) is 9.53 Å². The third-order valence-corrected chi connectivity index (χ3v) is 5.91. The molecule has 30 heavy (non-hydrogen) atoms. The number of thioether (sulfide) groups is 1. The fraction of sp³-hybridized carbons (Fsp3) is 0.286. The Hall–Kier alpha value is -2.06. The number of methoxy groups -OCH3 is 1. The number of hydrogen-bond donors (Lipinski definition) is 1. The SMILES string of the molecule is COCC(C)n1c(SC(C)C(=O)Nc2cc(Cl)cc(Cl)c2)nc2ccccc2c1=O. The number of anilines is 1. The summed E-state index contributed by atoms with van der Waals surface area (Å²) in [5.74, 6) is -0.258. The predicted octanol–water partition coefficient (Wildman–Crippen LogP) is 5.03. The number of carbonyl (C=O) groups excluding carboxylic acids is 1. The van der Waals surface area contributed by atoms with Gasteiger partial charge in [0, 0.05) is 22.8 Å². The third kappa shape index (κ3) is 5.16. The Morgan fingerprint density at radius 2 is 1.87 bits per heavy atom. The number of ether oxygens (including phenoxy) is 1. The summed E-state index contributed by atoms with van der Waals surface area (Å²) in [6.45, 7) is 3.97. The van der Waals surface area contributed by atoms with Crippen molar-refractivity contribution in [2.45, 2.75) is 30.3 Å². The molecule has 1 N–H and O–H groups in total. The second-order valence-corrected chi connectivity index (χ2v) is 8.98. The lowest BCUT2D eigenvalue weighted by Gasteiger charge is -2.20. The first-order valence-electron chi connectivity index (χ1n) is 9.24. The van der Waals surface area contributed by atoms with Crippen LogP contribution in [0, 0.1) is 0 Å². The highest BCUT2D eigenvalue weighted by atomic mass is 35.5. The van der Waals surface area contributed by atoms with Crippen LogP contribution in [0.15, 0.2) is 52.4 Å². The zero-order valence-electron chi connectivity index (χ0n) is 16.7. The van der Waals surface area contributed by atoms with E-state index in [0.717, 1.165) is 0 Å². The van der Waals surface area contributed by atoms with Gasteiger partial charge in [0.15, 0.2) is 5.16 Å². The summed E-state index contributed by atoms with van der Waals surface area (Å²) in [6.07, 6.45) is 0. The second kappa shape index (κ2) is 9.83. The van der Waals surface area contributed by atoms with Gasteiger partial charge in [-0.05, 0) is 44.2 Å². The Morgan fingerprint density at radius 1 is 1.20 bits per heavy atom. The van der Waals surface area contributed by atoms with Crippen molar-refractivity contribution in [3.05, 3.63) is 62.9 Å². The molecule has 0 fully saturated rings. The highest BCUT2D eigenvalue weighted by Gasteiger charge is 2.22. The lowest BCUT2D eigenvalue weighted by Crippen LogP contribution is -2.30. The molecule has 158 valence electrons. The maximum absolute atomic E-state index is 13.1. The van der Waals surface area contributed by atoms with E-state index in [1.54, 1.807) is 55.0 Å². The molecule has 0 bridgehead atoms. The van der Waals surface area contributed by atoms with Gasteiger partial charge >= 0.3 is 0 Å². The van der Waals surface area contributed by atoms with Crippen LogP contribution in [0.25, 0.3) is 10.9 Å². The van der Waals surface area contributed by atoms with Crippen molar-refractivity contribution < 1.29 is 9.53 Å². The van der Waals surface area contributed by atoms with Gasteiger partial charge in [-0.3, -0.25) is 14.2 Å². The molecule has 3 rings (SSSR count). The molecule has 1 amide bonds. The minimum atomic E-state index is -0.531. The van der Waals surface area contributed by atoms with E-state index >= 15 is 0 Å². The number of fused-ring (bicyclic) bond motifs is 1. The monoisotopic (exact) mass is 465 g/mol. The lowest BCUT2D eigenvalue weighted by molar-refractivity contribution is -0.115. The molecule has 1 aromatic heterocycles. The summed E-state index contributed by atoms with van der Waals surface area (Å²) in [4.78, 5) is 30.5. The van der Waals surface area contributed by atoms with Crippen LogP contribution < -0.4 is 10.9 Å². The van der Waals surface area contributed by atoms with Gasteiger partial charge in [0.05, 0.1) is 28.8 Å². The Balaban J connectivity index is 1.92. The molecule has 0 radical (unpaired) electrons. The van der Waals surface area contributed by atoms with Crippen LogP contribution in [-0.4, -0.2) is 34.4 Å². The number of nitrogens with one attached hydrogen (secondary N) is 1. The van der Waals surface area contributed by atoms with Gasteiger partial charge in [-0.1, -0.05) is 47.1 Å². The van der Waals surface area contributed by atoms with Crippen LogP contribution >= 0.6 is 35.0 Å². The molecule has 9 heteroatoms. The molecule has 0 aliphatic rings. The zero-order valence-corrected chi connectivity index (χ0v) is 19.0. The highest BCUT2D eigenvalue weighted by molar-refractivity contribution is 8.00. The molecule has 0 aliphatic heterocycles. The van der Waals surface area contributed by atoms with Crippen LogP contribution in [0.3, 0.4) is 0 Å². The van der Waals surface area contributed by atoms with E-state index < -0.39 is 5.25 Å². The minimum absolute atomic E-state index is 0.165. The zero-order chi connectivity index (χ0) is 21.8. The molecule has 3 aromatic rings. The number of para-hydroxylation sites is 1. The van der Waals surface area contributed by atoms with E-state index in [9.17, 15) is 9.59 Å². The van der Waals surface area contributed by atoms with E-state index in [1.165, 1.54) is 11.8 Å². The summed E-state index contributed by atoms with van der Waals surface area (Å²) in [7, 11) is 1.58. The average molecular weight is 466 g/mol. The predicted molar refractivity (Wildman–Crippen MR) is 123 cm³/mol. The summed E-state index contributed by atoms with van der Waals surface area (Å²) < 4.78 is 6.81. The molecular weight excluding hydrogens is 445 g/mol. The fourth-order valence-electron chi connectivity index (χ4n) is 2.99. The molecule has 2 aromatic carbocycles. The van der Waals surface area contributed by atoms with Crippen molar-refractivity contribution in [1.29, 1.82) is 0 Å². The first-order valence-corrected chi connectivity index (χ1v) is 10.9. The van der Waals surface area contributed by atoms with E-state index in [4.69, 9.17) is 27.9 Å². The van der Waals surface area contributed by atoms with E-state index in [0.29, 0.717) is 38.4 Å². The standard InChI is InChI=1S/C21H21Cl2N3O3S/c1-12(11-29-3)26-20(28)17-6-4-5-7-18(17)25-21(26)30-13(2)19(27)24-16-9-14(22)8-15(23)10-16/h4-10,12-13H,11H2,1-3H3,(H,24,27). The molecule has 0 saturated heterocycles. The van der Waals surface area contributed by atoms with Crippen LogP contribution in [0.5, 0.6) is 0 Å². The van der Waals surface area contributed by atoms with Crippen molar-refractivity contribution in [1.82, 2.24) is 9.55 Å². The quantitative estimate of drug-likeness (QED) is 0.391. The summed E-state index contributed by atoms with van der Waals surface area (Å²) >= 11 is 13.2. The molecule has 2 unspecified atom stereocenters. The highest BCUT2D eigenvalue weighted by Crippen LogP contribution is 2.27. The van der Waals surface area contributed by atoms with Crippen molar-refractivity contribution in [2.75, 3.05) is 19.0 Å². The van der Waals surface area contributed by atoms with Gasteiger partial charge < -0.3 is 10.1 Å². The van der Waals surface area contributed by atoms with E-state index in [1.807, 2.05) is 13.0 Å². The van der Waals surface area contributed by atoms with Gasteiger partial charge in [0.1, 0.15) is 0 Å². The number of aromatic nitrogens is 2. The van der Waals surface area contributed by atoms with E-state index in [2.05, 4.69) is 10.3 Å². The molecule has 0 spiro atoms. The van der Waals surface area contributed by atoms with Gasteiger partial charge in [-0.15, -0.1) is 0 Å². The first-order chi connectivity index (χ1) is 14.3. The molecule has 0 saturated carbocycles.